The van der Waals surface area contributed by atoms with Crippen LogP contribution < -0.4 is 10.6 Å². The van der Waals surface area contributed by atoms with E-state index in [1.54, 1.807) is 0 Å². The second kappa shape index (κ2) is 5.07. The number of nitrogens with zero attached hydrogens (tertiary/aromatic N) is 3. The van der Waals surface area contributed by atoms with E-state index in [1.165, 1.54) is 11.5 Å². The summed E-state index contributed by atoms with van der Waals surface area (Å²) in [7, 11) is 0. The molecule has 1 saturated heterocycles. The van der Waals surface area contributed by atoms with Crippen molar-refractivity contribution in [2.45, 2.75) is 32.5 Å². The minimum atomic E-state index is 0.109. The second-order valence-corrected chi connectivity index (χ2v) is 4.79. The summed E-state index contributed by atoms with van der Waals surface area (Å²) in [6.45, 7) is 6.38. The Hall–Kier alpha value is -0.720. The molecule has 0 spiro atoms. The molecule has 0 aromatic carbocycles. The first-order valence-electron chi connectivity index (χ1n) is 5.66. The fraction of sp³-hybridized carbons (Fsp3) is 0.800. The molecule has 0 radical (unpaired) electrons. The minimum Gasteiger partial charge on any atom is -0.370 e. The number of morpholine rings is 1. The smallest absolute Gasteiger partial charge is 0.205 e. The molecule has 1 aromatic rings. The molecular formula is C10H18N4OS. The molecular weight excluding hydrogens is 224 g/mol. The molecule has 1 aromatic heterocycles. The zero-order valence-electron chi connectivity index (χ0n) is 9.72. The molecule has 2 rings (SSSR count). The maximum Gasteiger partial charge on any atom is 0.205 e. The summed E-state index contributed by atoms with van der Waals surface area (Å²) in [5.41, 5.74) is 5.65. The standard InChI is InChI=1S/C10H18N4OS/c1-3-9-12-10(16-13-9)14-5-7(2)15-8(4-11)6-14/h7-8H,3-6,11H2,1-2H3. The summed E-state index contributed by atoms with van der Waals surface area (Å²) in [5, 5.41) is 0.991. The largest absolute Gasteiger partial charge is 0.370 e. The highest BCUT2D eigenvalue weighted by molar-refractivity contribution is 7.09. The SMILES string of the molecule is CCc1nsc(N2CC(C)OC(CN)C2)n1. The van der Waals surface area contributed by atoms with Gasteiger partial charge in [0, 0.05) is 37.6 Å². The first kappa shape index (κ1) is 11.8. The molecule has 2 atom stereocenters. The second-order valence-electron chi connectivity index (χ2n) is 4.06. The van der Waals surface area contributed by atoms with Crippen LogP contribution in [0.4, 0.5) is 5.13 Å². The Kier molecular flexibility index (Phi) is 3.73. The molecule has 1 fully saturated rings. The fourth-order valence-corrected chi connectivity index (χ4v) is 2.62. The molecule has 6 heteroatoms. The van der Waals surface area contributed by atoms with Gasteiger partial charge in [-0.25, -0.2) is 4.98 Å². The summed E-state index contributed by atoms with van der Waals surface area (Å²) >= 11 is 1.46. The number of anilines is 1. The van der Waals surface area contributed by atoms with E-state index in [9.17, 15) is 0 Å². The van der Waals surface area contributed by atoms with Crippen molar-refractivity contribution in [3.8, 4) is 0 Å². The van der Waals surface area contributed by atoms with E-state index in [0.717, 1.165) is 30.5 Å². The van der Waals surface area contributed by atoms with Crippen LogP contribution in [0, 0.1) is 0 Å². The lowest BCUT2D eigenvalue weighted by molar-refractivity contribution is -0.0104. The maximum absolute atomic E-state index is 5.71. The van der Waals surface area contributed by atoms with Crippen molar-refractivity contribution in [1.82, 2.24) is 9.36 Å². The lowest BCUT2D eigenvalue weighted by Gasteiger charge is -2.35. The van der Waals surface area contributed by atoms with Crippen LogP contribution in [0.5, 0.6) is 0 Å². The quantitative estimate of drug-likeness (QED) is 0.843. The fourth-order valence-electron chi connectivity index (χ4n) is 1.85. The van der Waals surface area contributed by atoms with Gasteiger partial charge in [0.25, 0.3) is 0 Å². The van der Waals surface area contributed by atoms with E-state index < -0.39 is 0 Å². The van der Waals surface area contributed by atoms with Crippen LogP contribution >= 0.6 is 11.5 Å². The van der Waals surface area contributed by atoms with Crippen molar-refractivity contribution in [1.29, 1.82) is 0 Å². The van der Waals surface area contributed by atoms with Crippen LogP contribution in [0.25, 0.3) is 0 Å². The molecule has 2 unspecified atom stereocenters. The lowest BCUT2D eigenvalue weighted by Crippen LogP contribution is -2.49. The highest BCUT2D eigenvalue weighted by atomic mass is 32.1. The number of nitrogens with two attached hydrogens (primary N) is 1. The zero-order valence-corrected chi connectivity index (χ0v) is 10.5. The van der Waals surface area contributed by atoms with Gasteiger partial charge < -0.3 is 15.4 Å². The Morgan fingerprint density at radius 3 is 3.00 bits per heavy atom. The van der Waals surface area contributed by atoms with E-state index in [-0.39, 0.29) is 12.2 Å². The van der Waals surface area contributed by atoms with Crippen molar-refractivity contribution in [2.75, 3.05) is 24.5 Å². The lowest BCUT2D eigenvalue weighted by atomic mass is 10.2. The predicted octanol–water partition coefficient (Wildman–Crippen LogP) is 0.653. The molecule has 1 aliphatic heterocycles. The highest BCUT2D eigenvalue weighted by Crippen LogP contribution is 2.22. The Balaban J connectivity index is 2.07. The van der Waals surface area contributed by atoms with Gasteiger partial charge in [0.05, 0.1) is 12.2 Å². The molecule has 1 aliphatic rings. The van der Waals surface area contributed by atoms with Crippen molar-refractivity contribution >= 4 is 16.7 Å². The summed E-state index contributed by atoms with van der Waals surface area (Å²) in [6.07, 6.45) is 1.20. The van der Waals surface area contributed by atoms with E-state index in [1.807, 2.05) is 0 Å². The van der Waals surface area contributed by atoms with Gasteiger partial charge in [0.15, 0.2) is 0 Å². The Morgan fingerprint density at radius 1 is 1.56 bits per heavy atom. The van der Waals surface area contributed by atoms with Gasteiger partial charge in [-0.15, -0.1) is 0 Å². The molecule has 90 valence electrons. The number of hydrogen-bond acceptors (Lipinski definition) is 6. The number of aromatic nitrogens is 2. The Bertz CT molecular complexity index is 343. The first-order valence-corrected chi connectivity index (χ1v) is 6.43. The molecule has 0 aliphatic carbocycles. The third-order valence-corrected chi connectivity index (χ3v) is 3.45. The topological polar surface area (TPSA) is 64.3 Å². The minimum absolute atomic E-state index is 0.109. The van der Waals surface area contributed by atoms with Crippen LogP contribution in [-0.2, 0) is 11.2 Å². The van der Waals surface area contributed by atoms with E-state index >= 15 is 0 Å². The molecule has 2 N–H and O–H groups in total. The van der Waals surface area contributed by atoms with Crippen LogP contribution in [0.3, 0.4) is 0 Å². The van der Waals surface area contributed by atoms with Crippen molar-refractivity contribution in [2.24, 2.45) is 5.73 Å². The van der Waals surface area contributed by atoms with Gasteiger partial charge in [-0.1, -0.05) is 6.92 Å². The van der Waals surface area contributed by atoms with Gasteiger partial charge in [-0.05, 0) is 6.92 Å². The van der Waals surface area contributed by atoms with E-state index in [4.69, 9.17) is 10.5 Å². The molecule has 0 saturated carbocycles. The van der Waals surface area contributed by atoms with Crippen LogP contribution in [0.2, 0.25) is 0 Å². The first-order chi connectivity index (χ1) is 7.72. The number of ether oxygens (including phenoxy) is 1. The van der Waals surface area contributed by atoms with Crippen LogP contribution in [0.15, 0.2) is 0 Å². The van der Waals surface area contributed by atoms with Gasteiger partial charge in [-0.3, -0.25) is 0 Å². The molecule has 0 amide bonds. The summed E-state index contributed by atoms with van der Waals surface area (Å²) in [4.78, 5) is 6.72. The van der Waals surface area contributed by atoms with Crippen LogP contribution in [0.1, 0.15) is 19.7 Å². The van der Waals surface area contributed by atoms with E-state index in [2.05, 4.69) is 28.1 Å². The number of rotatable bonds is 3. The summed E-state index contributed by atoms with van der Waals surface area (Å²) < 4.78 is 10.0. The number of hydrogen-bond donors (Lipinski definition) is 1. The monoisotopic (exact) mass is 242 g/mol. The predicted molar refractivity (Wildman–Crippen MR) is 64.9 cm³/mol. The Labute approximate surface area is 99.8 Å². The molecule has 16 heavy (non-hydrogen) atoms. The van der Waals surface area contributed by atoms with Gasteiger partial charge >= 0.3 is 0 Å². The van der Waals surface area contributed by atoms with Gasteiger partial charge in [0.2, 0.25) is 5.13 Å². The third kappa shape index (κ3) is 2.50. The van der Waals surface area contributed by atoms with Crippen molar-refractivity contribution in [3.63, 3.8) is 0 Å². The van der Waals surface area contributed by atoms with Crippen molar-refractivity contribution in [3.05, 3.63) is 5.82 Å². The average molecular weight is 242 g/mol. The van der Waals surface area contributed by atoms with E-state index in [0.29, 0.717) is 6.54 Å². The van der Waals surface area contributed by atoms with Gasteiger partial charge in [-0.2, -0.15) is 4.37 Å². The molecule has 2 heterocycles. The summed E-state index contributed by atoms with van der Waals surface area (Å²) in [6, 6.07) is 0. The molecule has 0 bridgehead atoms. The molecule has 5 nitrogen and oxygen atoms in total. The van der Waals surface area contributed by atoms with Gasteiger partial charge in [0.1, 0.15) is 5.82 Å². The third-order valence-electron chi connectivity index (χ3n) is 2.63. The summed E-state index contributed by atoms with van der Waals surface area (Å²) in [5.74, 6) is 0.920. The Morgan fingerprint density at radius 2 is 2.38 bits per heavy atom. The van der Waals surface area contributed by atoms with Crippen molar-refractivity contribution < 1.29 is 4.74 Å². The van der Waals surface area contributed by atoms with Crippen LogP contribution in [-0.4, -0.2) is 41.2 Å². The average Bonchev–Trinajstić information content (AvgIpc) is 2.76. The number of aryl methyl sites for hydroxylation is 1. The zero-order chi connectivity index (χ0) is 11.5. The maximum atomic E-state index is 5.71. The normalized spacial score (nSPS) is 26.1. The highest BCUT2D eigenvalue weighted by Gasteiger charge is 2.26.